The van der Waals surface area contributed by atoms with Crippen LogP contribution in [0, 0.1) is 26.7 Å². The summed E-state index contributed by atoms with van der Waals surface area (Å²) in [4.78, 5) is 16.5. The topological polar surface area (TPSA) is 76.9 Å². The maximum absolute atomic E-state index is 5.90. The minimum atomic E-state index is 0.520. The first-order chi connectivity index (χ1) is 13.6. The van der Waals surface area contributed by atoms with Crippen LogP contribution in [0.1, 0.15) is 29.4 Å². The third-order valence-electron chi connectivity index (χ3n) is 4.94. The van der Waals surface area contributed by atoms with Gasteiger partial charge in [-0.05, 0) is 51.7 Å². The molecule has 0 radical (unpaired) electrons. The number of hydrogen-bond donors (Lipinski definition) is 0. The SMILES string of the molecule is Cc1nccc(N2CCC(COc3ccc(-c4sc(C)nc4C)nn3)CC2)n1. The largest absolute Gasteiger partial charge is 0.476 e. The smallest absolute Gasteiger partial charge is 0.233 e. The van der Waals surface area contributed by atoms with Crippen LogP contribution in [0.3, 0.4) is 0 Å². The summed E-state index contributed by atoms with van der Waals surface area (Å²) in [5, 5.41) is 9.60. The summed E-state index contributed by atoms with van der Waals surface area (Å²) in [6.07, 6.45) is 3.98. The van der Waals surface area contributed by atoms with Crippen LogP contribution in [0.15, 0.2) is 24.4 Å². The molecule has 28 heavy (non-hydrogen) atoms. The third-order valence-corrected chi connectivity index (χ3v) is 6.04. The van der Waals surface area contributed by atoms with Crippen molar-refractivity contribution in [1.82, 2.24) is 25.1 Å². The van der Waals surface area contributed by atoms with Crippen LogP contribution in [0.5, 0.6) is 5.88 Å². The Hall–Kier alpha value is -2.61. The Morgan fingerprint density at radius 3 is 2.54 bits per heavy atom. The van der Waals surface area contributed by atoms with E-state index in [2.05, 4.69) is 30.0 Å². The molecule has 7 nitrogen and oxygen atoms in total. The van der Waals surface area contributed by atoms with Crippen molar-refractivity contribution in [3.05, 3.63) is 40.9 Å². The first-order valence-electron chi connectivity index (χ1n) is 9.54. The van der Waals surface area contributed by atoms with Crippen molar-refractivity contribution >= 4 is 17.2 Å². The molecule has 1 aliphatic heterocycles. The second kappa shape index (κ2) is 8.18. The standard InChI is InChI=1S/C20H24N6OS/c1-13-20(28-15(3)22-13)17-4-5-19(25-24-17)27-12-16-7-10-26(11-8-16)18-6-9-21-14(2)23-18/h4-6,9,16H,7-8,10-12H2,1-3H3. The van der Waals surface area contributed by atoms with Crippen molar-refractivity contribution in [3.8, 4) is 16.5 Å². The average molecular weight is 397 g/mol. The van der Waals surface area contributed by atoms with Gasteiger partial charge in [0.15, 0.2) is 0 Å². The highest BCUT2D eigenvalue weighted by Gasteiger charge is 2.21. The summed E-state index contributed by atoms with van der Waals surface area (Å²) in [6, 6.07) is 5.84. The zero-order valence-corrected chi connectivity index (χ0v) is 17.2. The van der Waals surface area contributed by atoms with Crippen molar-refractivity contribution < 1.29 is 4.74 Å². The lowest BCUT2D eigenvalue weighted by Gasteiger charge is -2.32. The van der Waals surface area contributed by atoms with Gasteiger partial charge >= 0.3 is 0 Å². The van der Waals surface area contributed by atoms with Crippen molar-refractivity contribution in [1.29, 1.82) is 0 Å². The number of hydrogen-bond acceptors (Lipinski definition) is 8. The average Bonchev–Trinajstić information content (AvgIpc) is 3.05. The summed E-state index contributed by atoms with van der Waals surface area (Å²) in [5.41, 5.74) is 1.85. The van der Waals surface area contributed by atoms with Gasteiger partial charge < -0.3 is 9.64 Å². The zero-order valence-electron chi connectivity index (χ0n) is 16.4. The van der Waals surface area contributed by atoms with E-state index in [9.17, 15) is 0 Å². The van der Waals surface area contributed by atoms with E-state index in [1.165, 1.54) is 0 Å². The number of rotatable bonds is 5. The van der Waals surface area contributed by atoms with Crippen LogP contribution >= 0.6 is 11.3 Å². The van der Waals surface area contributed by atoms with Crippen molar-refractivity contribution in [2.24, 2.45) is 5.92 Å². The lowest BCUT2D eigenvalue weighted by atomic mass is 9.98. The summed E-state index contributed by atoms with van der Waals surface area (Å²) in [6.45, 7) is 8.57. The Kier molecular flexibility index (Phi) is 5.47. The van der Waals surface area contributed by atoms with Gasteiger partial charge in [0.25, 0.3) is 0 Å². The molecule has 0 aromatic carbocycles. The van der Waals surface area contributed by atoms with Crippen LogP contribution in [0.2, 0.25) is 0 Å². The van der Waals surface area contributed by atoms with Crippen LogP contribution < -0.4 is 9.64 Å². The highest BCUT2D eigenvalue weighted by atomic mass is 32.1. The van der Waals surface area contributed by atoms with Gasteiger partial charge in [-0.25, -0.2) is 15.0 Å². The first-order valence-corrected chi connectivity index (χ1v) is 10.4. The lowest BCUT2D eigenvalue weighted by molar-refractivity contribution is 0.214. The summed E-state index contributed by atoms with van der Waals surface area (Å²) in [5.74, 6) is 2.93. The summed E-state index contributed by atoms with van der Waals surface area (Å²) < 4.78 is 5.90. The minimum Gasteiger partial charge on any atom is -0.476 e. The van der Waals surface area contributed by atoms with Gasteiger partial charge in [0, 0.05) is 25.4 Å². The molecule has 0 aliphatic carbocycles. The molecule has 1 fully saturated rings. The van der Waals surface area contributed by atoms with E-state index in [1.807, 2.05) is 45.2 Å². The number of aromatic nitrogens is 5. The number of piperidine rings is 1. The fourth-order valence-corrected chi connectivity index (χ4v) is 4.32. The Bertz CT molecular complexity index is 934. The third kappa shape index (κ3) is 4.27. The molecule has 3 aromatic rings. The van der Waals surface area contributed by atoms with Crippen molar-refractivity contribution in [2.45, 2.75) is 33.6 Å². The maximum Gasteiger partial charge on any atom is 0.233 e. The summed E-state index contributed by atoms with van der Waals surface area (Å²) in [7, 11) is 0. The van der Waals surface area contributed by atoms with Crippen molar-refractivity contribution in [2.75, 3.05) is 24.6 Å². The van der Waals surface area contributed by atoms with Gasteiger partial charge in [0.05, 0.1) is 22.2 Å². The first kappa shape index (κ1) is 18.7. The molecular weight excluding hydrogens is 372 g/mol. The van der Waals surface area contributed by atoms with E-state index in [-0.39, 0.29) is 0 Å². The highest BCUT2D eigenvalue weighted by molar-refractivity contribution is 7.15. The minimum absolute atomic E-state index is 0.520. The molecule has 4 rings (SSSR count). The molecule has 3 aromatic heterocycles. The van der Waals surface area contributed by atoms with Crippen LogP contribution in [0.4, 0.5) is 5.82 Å². The molecular formula is C20H24N6OS. The molecule has 0 spiro atoms. The van der Waals surface area contributed by atoms with Gasteiger partial charge in [-0.2, -0.15) is 0 Å². The second-order valence-corrected chi connectivity index (χ2v) is 8.31. The van der Waals surface area contributed by atoms with E-state index in [1.54, 1.807) is 11.3 Å². The monoisotopic (exact) mass is 396 g/mol. The molecule has 4 heterocycles. The molecule has 146 valence electrons. The molecule has 0 amide bonds. The van der Waals surface area contributed by atoms with Gasteiger partial charge in [-0.3, -0.25) is 0 Å². The van der Waals surface area contributed by atoms with Gasteiger partial charge in [0.2, 0.25) is 5.88 Å². The van der Waals surface area contributed by atoms with E-state index in [0.717, 1.165) is 58.8 Å². The Labute approximate surface area is 168 Å². The highest BCUT2D eigenvalue weighted by Crippen LogP contribution is 2.28. The molecule has 1 aliphatic rings. The van der Waals surface area contributed by atoms with E-state index in [4.69, 9.17) is 4.74 Å². The molecule has 1 saturated heterocycles. The molecule has 0 atom stereocenters. The van der Waals surface area contributed by atoms with E-state index >= 15 is 0 Å². The molecule has 0 unspecified atom stereocenters. The Morgan fingerprint density at radius 1 is 1.07 bits per heavy atom. The zero-order chi connectivity index (χ0) is 19.5. The van der Waals surface area contributed by atoms with Gasteiger partial charge in [-0.1, -0.05) is 0 Å². The van der Waals surface area contributed by atoms with Crippen LogP contribution in [-0.2, 0) is 0 Å². The quantitative estimate of drug-likeness (QED) is 0.652. The summed E-state index contributed by atoms with van der Waals surface area (Å²) >= 11 is 1.64. The lowest BCUT2D eigenvalue weighted by Crippen LogP contribution is -2.36. The predicted molar refractivity (Wildman–Crippen MR) is 110 cm³/mol. The van der Waals surface area contributed by atoms with Gasteiger partial charge in [0.1, 0.15) is 17.3 Å². The Balaban J connectivity index is 1.29. The number of thiazole rings is 1. The molecule has 8 heteroatoms. The molecule has 0 N–H and O–H groups in total. The number of aryl methyl sites for hydroxylation is 3. The normalized spacial score (nSPS) is 15.0. The van der Waals surface area contributed by atoms with Crippen molar-refractivity contribution in [3.63, 3.8) is 0 Å². The number of anilines is 1. The molecule has 0 saturated carbocycles. The number of ether oxygens (including phenoxy) is 1. The fourth-order valence-electron chi connectivity index (χ4n) is 3.44. The van der Waals surface area contributed by atoms with Crippen LogP contribution in [0.25, 0.3) is 10.6 Å². The van der Waals surface area contributed by atoms with E-state index in [0.29, 0.717) is 18.4 Å². The van der Waals surface area contributed by atoms with Crippen LogP contribution in [-0.4, -0.2) is 44.8 Å². The van der Waals surface area contributed by atoms with E-state index < -0.39 is 0 Å². The predicted octanol–water partition coefficient (Wildman–Crippen LogP) is 3.61. The fraction of sp³-hybridized carbons (Fsp3) is 0.450. The molecule has 0 bridgehead atoms. The van der Waals surface area contributed by atoms with Gasteiger partial charge in [-0.15, -0.1) is 21.5 Å². The Morgan fingerprint density at radius 2 is 1.89 bits per heavy atom. The maximum atomic E-state index is 5.90. The number of nitrogens with zero attached hydrogens (tertiary/aromatic N) is 6. The second-order valence-electron chi connectivity index (χ2n) is 7.11.